The Morgan fingerprint density at radius 2 is 1.32 bits per heavy atom. The molecule has 2 fully saturated rings. The molecule has 2 aliphatic rings. The van der Waals surface area contributed by atoms with Gasteiger partial charge in [0.05, 0.1) is 21.3 Å². The van der Waals surface area contributed by atoms with Crippen LogP contribution in [0.3, 0.4) is 0 Å². The summed E-state index contributed by atoms with van der Waals surface area (Å²) in [5, 5.41) is 14.8. The molecule has 1 saturated heterocycles. The van der Waals surface area contributed by atoms with E-state index in [1.165, 1.54) is 25.7 Å². The standard InChI is InChI=1S/C19H28N2O4.C2H2O4/c1-23-16-12-14(13-17(24-2)18(16)25-3)19(22)21-10-8-20(9-11-21)15-6-4-5-7-15;3-1(4)2(5)6/h12-13,15H,4-11H2,1-3H3;(H,3,4)(H,5,6). The molecule has 10 nitrogen and oxygen atoms in total. The van der Waals surface area contributed by atoms with Crippen molar-refractivity contribution in [2.24, 2.45) is 0 Å². The SMILES string of the molecule is COc1cc(C(=O)N2CCN(C3CCCC3)CC2)cc(OC)c1OC.O=C(O)C(=O)O. The number of aliphatic carboxylic acids is 2. The molecule has 0 aromatic heterocycles. The lowest BCUT2D eigenvalue weighted by Crippen LogP contribution is -2.51. The number of carboxylic acid groups (broad SMARTS) is 2. The van der Waals surface area contributed by atoms with Gasteiger partial charge in [0, 0.05) is 37.8 Å². The van der Waals surface area contributed by atoms with E-state index in [9.17, 15) is 4.79 Å². The van der Waals surface area contributed by atoms with Crippen LogP contribution in [0.5, 0.6) is 17.2 Å². The van der Waals surface area contributed by atoms with Gasteiger partial charge in [-0.25, -0.2) is 9.59 Å². The van der Waals surface area contributed by atoms with Crippen LogP contribution in [-0.2, 0) is 9.59 Å². The zero-order valence-corrected chi connectivity index (χ0v) is 18.1. The number of ether oxygens (including phenoxy) is 3. The first kappa shape index (κ1) is 24.3. The second-order valence-corrected chi connectivity index (χ2v) is 7.29. The predicted octanol–water partition coefficient (Wildman–Crippen LogP) is 1.57. The summed E-state index contributed by atoms with van der Waals surface area (Å²) in [5.74, 6) is -2.10. The number of methoxy groups -OCH3 is 3. The molecule has 172 valence electrons. The smallest absolute Gasteiger partial charge is 0.414 e. The molecular weight excluding hydrogens is 408 g/mol. The zero-order chi connectivity index (χ0) is 23.0. The van der Waals surface area contributed by atoms with Crippen LogP contribution in [0.25, 0.3) is 0 Å². The fraction of sp³-hybridized carbons (Fsp3) is 0.571. The van der Waals surface area contributed by atoms with Gasteiger partial charge in [0.25, 0.3) is 5.91 Å². The number of hydrogen-bond acceptors (Lipinski definition) is 7. The Kier molecular flexibility index (Phi) is 8.92. The van der Waals surface area contributed by atoms with Crippen molar-refractivity contribution < 1.29 is 38.8 Å². The molecule has 0 radical (unpaired) electrons. The number of amides is 1. The van der Waals surface area contributed by atoms with Gasteiger partial charge in [-0.05, 0) is 25.0 Å². The van der Waals surface area contributed by atoms with Crippen molar-refractivity contribution in [2.75, 3.05) is 47.5 Å². The van der Waals surface area contributed by atoms with Gasteiger partial charge in [0.1, 0.15) is 0 Å². The van der Waals surface area contributed by atoms with Crippen LogP contribution in [0.15, 0.2) is 12.1 Å². The maximum atomic E-state index is 12.9. The fourth-order valence-electron chi connectivity index (χ4n) is 3.95. The minimum atomic E-state index is -1.82. The molecule has 0 atom stereocenters. The molecule has 1 amide bonds. The van der Waals surface area contributed by atoms with Gasteiger partial charge in [-0.2, -0.15) is 0 Å². The van der Waals surface area contributed by atoms with Crippen molar-refractivity contribution in [1.82, 2.24) is 9.80 Å². The zero-order valence-electron chi connectivity index (χ0n) is 18.1. The number of rotatable bonds is 5. The van der Waals surface area contributed by atoms with Crippen molar-refractivity contribution in [1.29, 1.82) is 0 Å². The van der Waals surface area contributed by atoms with Crippen molar-refractivity contribution >= 4 is 17.8 Å². The van der Waals surface area contributed by atoms with E-state index in [0.29, 0.717) is 22.8 Å². The first-order valence-corrected chi connectivity index (χ1v) is 10.1. The van der Waals surface area contributed by atoms with E-state index in [1.54, 1.807) is 33.5 Å². The minimum Gasteiger partial charge on any atom is -0.493 e. The second kappa shape index (κ2) is 11.4. The molecule has 10 heteroatoms. The van der Waals surface area contributed by atoms with Crippen LogP contribution in [0.1, 0.15) is 36.0 Å². The van der Waals surface area contributed by atoms with Crippen LogP contribution in [0, 0.1) is 0 Å². The largest absolute Gasteiger partial charge is 0.493 e. The highest BCUT2D eigenvalue weighted by atomic mass is 16.5. The summed E-state index contributed by atoms with van der Waals surface area (Å²) in [4.78, 5) is 35.6. The molecule has 31 heavy (non-hydrogen) atoms. The van der Waals surface area contributed by atoms with Gasteiger partial charge >= 0.3 is 11.9 Å². The molecule has 0 spiro atoms. The van der Waals surface area contributed by atoms with Crippen LogP contribution in [0.4, 0.5) is 0 Å². The summed E-state index contributed by atoms with van der Waals surface area (Å²) in [6.07, 6.45) is 5.30. The van der Waals surface area contributed by atoms with E-state index < -0.39 is 11.9 Å². The number of benzene rings is 1. The summed E-state index contributed by atoms with van der Waals surface area (Å²) in [6, 6.07) is 4.18. The van der Waals surface area contributed by atoms with Gasteiger partial charge in [0.15, 0.2) is 11.5 Å². The van der Waals surface area contributed by atoms with Crippen molar-refractivity contribution in [3.63, 3.8) is 0 Å². The highest BCUT2D eigenvalue weighted by molar-refractivity contribution is 6.27. The number of carbonyl (C=O) groups is 3. The number of nitrogens with zero attached hydrogens (tertiary/aromatic N) is 2. The van der Waals surface area contributed by atoms with E-state index >= 15 is 0 Å². The Labute approximate surface area is 181 Å². The monoisotopic (exact) mass is 438 g/mol. The molecular formula is C21H30N2O8. The number of carbonyl (C=O) groups excluding carboxylic acids is 1. The van der Waals surface area contributed by atoms with Gasteiger partial charge in [0.2, 0.25) is 5.75 Å². The summed E-state index contributed by atoms with van der Waals surface area (Å²) in [7, 11) is 4.68. The molecule has 1 aromatic carbocycles. The number of hydrogen-bond donors (Lipinski definition) is 2. The molecule has 1 saturated carbocycles. The van der Waals surface area contributed by atoms with Crippen LogP contribution in [-0.4, -0.2) is 91.4 Å². The molecule has 0 bridgehead atoms. The van der Waals surface area contributed by atoms with E-state index in [-0.39, 0.29) is 5.91 Å². The van der Waals surface area contributed by atoms with Crippen LogP contribution in [0.2, 0.25) is 0 Å². The average Bonchev–Trinajstić information content (AvgIpc) is 3.33. The average molecular weight is 438 g/mol. The Morgan fingerprint density at radius 1 is 0.839 bits per heavy atom. The Bertz CT molecular complexity index is 747. The lowest BCUT2D eigenvalue weighted by atomic mass is 10.1. The summed E-state index contributed by atoms with van der Waals surface area (Å²) in [5.41, 5.74) is 0.573. The summed E-state index contributed by atoms with van der Waals surface area (Å²) >= 11 is 0. The van der Waals surface area contributed by atoms with E-state index in [1.807, 2.05) is 4.90 Å². The second-order valence-electron chi connectivity index (χ2n) is 7.29. The van der Waals surface area contributed by atoms with Gasteiger partial charge in [-0.3, -0.25) is 9.69 Å². The van der Waals surface area contributed by atoms with Gasteiger partial charge in [-0.1, -0.05) is 12.8 Å². The predicted molar refractivity (Wildman–Crippen MR) is 111 cm³/mol. The normalized spacial score (nSPS) is 16.8. The lowest BCUT2D eigenvalue weighted by Gasteiger charge is -2.38. The minimum absolute atomic E-state index is 0.0188. The van der Waals surface area contributed by atoms with Crippen LogP contribution < -0.4 is 14.2 Å². The van der Waals surface area contributed by atoms with E-state index in [4.69, 9.17) is 34.0 Å². The van der Waals surface area contributed by atoms with E-state index in [0.717, 1.165) is 32.2 Å². The third kappa shape index (κ3) is 6.24. The molecule has 0 unspecified atom stereocenters. The van der Waals surface area contributed by atoms with E-state index in [2.05, 4.69) is 4.90 Å². The number of carboxylic acids is 2. The lowest BCUT2D eigenvalue weighted by molar-refractivity contribution is -0.159. The molecule has 1 aliphatic carbocycles. The molecule has 1 aliphatic heterocycles. The topological polar surface area (TPSA) is 126 Å². The van der Waals surface area contributed by atoms with Crippen LogP contribution >= 0.6 is 0 Å². The van der Waals surface area contributed by atoms with Crippen molar-refractivity contribution in [3.8, 4) is 17.2 Å². The third-order valence-electron chi connectivity index (χ3n) is 5.54. The maximum absolute atomic E-state index is 12.9. The first-order chi connectivity index (χ1) is 14.8. The number of piperazine rings is 1. The highest BCUT2D eigenvalue weighted by Crippen LogP contribution is 2.38. The molecule has 1 heterocycles. The Hall–Kier alpha value is -3.01. The Balaban J connectivity index is 0.000000501. The molecule has 1 aromatic rings. The van der Waals surface area contributed by atoms with Crippen molar-refractivity contribution in [3.05, 3.63) is 17.7 Å². The van der Waals surface area contributed by atoms with Gasteiger partial charge in [-0.15, -0.1) is 0 Å². The maximum Gasteiger partial charge on any atom is 0.414 e. The first-order valence-electron chi connectivity index (χ1n) is 10.1. The molecule has 2 N–H and O–H groups in total. The quantitative estimate of drug-likeness (QED) is 0.659. The summed E-state index contributed by atoms with van der Waals surface area (Å²) < 4.78 is 16.0. The third-order valence-corrected chi connectivity index (χ3v) is 5.54. The highest BCUT2D eigenvalue weighted by Gasteiger charge is 2.29. The Morgan fingerprint density at radius 3 is 1.71 bits per heavy atom. The van der Waals surface area contributed by atoms with Gasteiger partial charge < -0.3 is 29.3 Å². The van der Waals surface area contributed by atoms with Crippen molar-refractivity contribution in [2.45, 2.75) is 31.7 Å². The molecule has 3 rings (SSSR count). The summed E-state index contributed by atoms with van der Waals surface area (Å²) in [6.45, 7) is 3.46. The fourth-order valence-corrected chi connectivity index (χ4v) is 3.95.